The molecule has 1 saturated heterocycles. The van der Waals surface area contributed by atoms with Gasteiger partial charge in [-0.3, -0.25) is 24.0 Å². The summed E-state index contributed by atoms with van der Waals surface area (Å²) in [4.78, 5) is 72.5. The van der Waals surface area contributed by atoms with Gasteiger partial charge >= 0.3 is 11.9 Å². The van der Waals surface area contributed by atoms with Crippen LogP contribution in [0.3, 0.4) is 0 Å². The second-order valence-corrected chi connectivity index (χ2v) is 7.74. The molecule has 1 aliphatic rings. The molecule has 1 aliphatic heterocycles. The Morgan fingerprint density at radius 1 is 1.00 bits per heavy atom. The molecule has 4 unspecified atom stereocenters. The van der Waals surface area contributed by atoms with E-state index in [1.54, 1.807) is 0 Å². The van der Waals surface area contributed by atoms with E-state index < -0.39 is 66.2 Å². The van der Waals surface area contributed by atoms with Gasteiger partial charge in [-0.15, -0.1) is 0 Å². The Labute approximate surface area is 189 Å². The highest BCUT2D eigenvalue weighted by Crippen LogP contribution is 2.19. The predicted octanol–water partition coefficient (Wildman–Crippen LogP) is -2.58. The average molecular weight is 476 g/mol. The topological polar surface area (TPSA) is 222 Å². The maximum atomic E-state index is 13.0. The van der Waals surface area contributed by atoms with E-state index in [0.717, 1.165) is 4.90 Å². The third-order valence-corrected chi connectivity index (χ3v) is 5.32. The van der Waals surface area contributed by atoms with Crippen LogP contribution in [0.1, 0.15) is 38.5 Å². The normalized spacial score (nSPS) is 18.3. The van der Waals surface area contributed by atoms with Crippen LogP contribution < -0.4 is 22.1 Å². The molecular formula is C18H29N5O8S. The highest BCUT2D eigenvalue weighted by molar-refractivity contribution is 7.80. The molecule has 0 aromatic carbocycles. The highest BCUT2D eigenvalue weighted by atomic mass is 32.1. The fourth-order valence-corrected chi connectivity index (χ4v) is 3.37. The number of thiol groups is 1. The number of carboxylic acid groups (broad SMARTS) is 2. The number of nitrogens with zero attached hydrogens (tertiary/aromatic N) is 1. The van der Waals surface area contributed by atoms with Gasteiger partial charge in [0.25, 0.3) is 0 Å². The molecule has 1 rings (SSSR count). The molecule has 13 nitrogen and oxygen atoms in total. The van der Waals surface area contributed by atoms with Gasteiger partial charge in [0.1, 0.15) is 18.1 Å². The summed E-state index contributed by atoms with van der Waals surface area (Å²) in [7, 11) is 0. The summed E-state index contributed by atoms with van der Waals surface area (Å²) >= 11 is 3.90. The number of carbonyl (C=O) groups is 6. The zero-order chi connectivity index (χ0) is 24.4. The van der Waals surface area contributed by atoms with Crippen LogP contribution in [-0.2, 0) is 28.8 Å². The van der Waals surface area contributed by atoms with Gasteiger partial charge in [0.2, 0.25) is 23.6 Å². The fourth-order valence-electron chi connectivity index (χ4n) is 3.20. The van der Waals surface area contributed by atoms with E-state index in [2.05, 4.69) is 23.3 Å². The van der Waals surface area contributed by atoms with E-state index >= 15 is 0 Å². The Hall–Kier alpha value is -2.87. The summed E-state index contributed by atoms with van der Waals surface area (Å²) < 4.78 is 0. The summed E-state index contributed by atoms with van der Waals surface area (Å²) in [6.45, 7) is 0.161. The van der Waals surface area contributed by atoms with Crippen molar-refractivity contribution in [3.63, 3.8) is 0 Å². The molecule has 0 bridgehead atoms. The van der Waals surface area contributed by atoms with Gasteiger partial charge in [-0.05, 0) is 25.7 Å². The van der Waals surface area contributed by atoms with Crippen molar-refractivity contribution in [2.75, 3.05) is 12.3 Å². The Balaban J connectivity index is 3.03. The van der Waals surface area contributed by atoms with Gasteiger partial charge in [-0.1, -0.05) is 0 Å². The van der Waals surface area contributed by atoms with Gasteiger partial charge in [0, 0.05) is 25.1 Å². The first-order valence-electron chi connectivity index (χ1n) is 9.98. The first kappa shape index (κ1) is 27.2. The molecule has 0 aromatic rings. The van der Waals surface area contributed by atoms with Crippen LogP contribution in [0.5, 0.6) is 0 Å². The highest BCUT2D eigenvalue weighted by Gasteiger charge is 2.38. The van der Waals surface area contributed by atoms with Crippen molar-refractivity contribution in [1.82, 2.24) is 15.5 Å². The molecule has 180 valence electrons. The van der Waals surface area contributed by atoms with Crippen molar-refractivity contribution in [2.24, 2.45) is 11.5 Å². The maximum Gasteiger partial charge on any atom is 0.326 e. The number of primary amides is 1. The van der Waals surface area contributed by atoms with Crippen LogP contribution in [0.15, 0.2) is 0 Å². The van der Waals surface area contributed by atoms with Crippen molar-refractivity contribution < 1.29 is 39.0 Å². The van der Waals surface area contributed by atoms with Crippen LogP contribution in [-0.4, -0.2) is 87.1 Å². The van der Waals surface area contributed by atoms with Gasteiger partial charge in [0.15, 0.2) is 0 Å². The molecule has 14 heteroatoms. The van der Waals surface area contributed by atoms with Crippen molar-refractivity contribution >= 4 is 48.2 Å². The molecule has 1 heterocycles. The summed E-state index contributed by atoms with van der Waals surface area (Å²) in [6.07, 6.45) is -0.502. The summed E-state index contributed by atoms with van der Waals surface area (Å²) in [5, 5.41) is 23.0. The first-order chi connectivity index (χ1) is 15.0. The molecule has 32 heavy (non-hydrogen) atoms. The van der Waals surface area contributed by atoms with Crippen LogP contribution in [0.4, 0.5) is 0 Å². The quantitative estimate of drug-likeness (QED) is 0.139. The van der Waals surface area contributed by atoms with Gasteiger partial charge in [-0.25, -0.2) is 4.79 Å². The minimum absolute atomic E-state index is 0.0235. The minimum Gasteiger partial charge on any atom is -0.481 e. The summed E-state index contributed by atoms with van der Waals surface area (Å²) in [5.41, 5.74) is 10.7. The van der Waals surface area contributed by atoms with Crippen LogP contribution >= 0.6 is 12.6 Å². The van der Waals surface area contributed by atoms with Gasteiger partial charge in [0.05, 0.1) is 6.04 Å². The SMILES string of the molecule is NC(=O)CCC(NC(=O)C(CCC(=O)O)NC(=O)C(N)CS)C(=O)N1CCCC1C(=O)O. The maximum absolute atomic E-state index is 13.0. The zero-order valence-corrected chi connectivity index (χ0v) is 18.3. The smallest absolute Gasteiger partial charge is 0.326 e. The van der Waals surface area contributed by atoms with E-state index in [4.69, 9.17) is 16.6 Å². The number of carboxylic acids is 2. The van der Waals surface area contributed by atoms with Crippen LogP contribution in [0, 0.1) is 0 Å². The van der Waals surface area contributed by atoms with E-state index in [9.17, 15) is 33.9 Å². The number of carbonyl (C=O) groups excluding carboxylic acids is 4. The van der Waals surface area contributed by atoms with E-state index in [-0.39, 0.29) is 38.0 Å². The standard InChI is InChI=1S/C18H29N5O8S/c19-9(8-32)15(27)21-10(4-6-14(25)26)16(28)22-11(3-5-13(20)24)17(29)23-7-1-2-12(23)18(30)31/h9-12,32H,1-8,19H2,(H2,20,24)(H,21,27)(H,22,28)(H,25,26)(H,30,31). The van der Waals surface area contributed by atoms with Crippen LogP contribution in [0.2, 0.25) is 0 Å². The van der Waals surface area contributed by atoms with Crippen molar-refractivity contribution in [3.8, 4) is 0 Å². The third kappa shape index (κ3) is 8.34. The summed E-state index contributed by atoms with van der Waals surface area (Å²) in [5.74, 6) is -5.48. The van der Waals surface area contributed by atoms with Gasteiger partial charge in [-0.2, -0.15) is 12.6 Å². The molecule has 0 radical (unpaired) electrons. The molecule has 4 amide bonds. The monoisotopic (exact) mass is 475 g/mol. The molecule has 0 aromatic heterocycles. The second-order valence-electron chi connectivity index (χ2n) is 7.38. The van der Waals surface area contributed by atoms with E-state index in [1.165, 1.54) is 0 Å². The number of nitrogens with two attached hydrogens (primary N) is 2. The van der Waals surface area contributed by atoms with E-state index in [0.29, 0.717) is 6.42 Å². The van der Waals surface area contributed by atoms with Gasteiger partial charge < -0.3 is 37.2 Å². The molecule has 0 saturated carbocycles. The first-order valence-corrected chi connectivity index (χ1v) is 10.6. The molecule has 0 aliphatic carbocycles. The molecule has 1 fully saturated rings. The zero-order valence-electron chi connectivity index (χ0n) is 17.4. The lowest BCUT2D eigenvalue weighted by atomic mass is 10.1. The molecule has 8 N–H and O–H groups in total. The fraction of sp³-hybridized carbons (Fsp3) is 0.667. The average Bonchev–Trinajstić information content (AvgIpc) is 3.22. The number of aliphatic carboxylic acids is 2. The number of hydrogen-bond acceptors (Lipinski definition) is 8. The minimum atomic E-state index is -1.33. The largest absolute Gasteiger partial charge is 0.481 e. The van der Waals surface area contributed by atoms with Crippen LogP contribution in [0.25, 0.3) is 0 Å². The molecule has 4 atom stereocenters. The Bertz CT molecular complexity index is 749. The number of hydrogen-bond donors (Lipinski definition) is 7. The van der Waals surface area contributed by atoms with E-state index in [1.807, 2.05) is 0 Å². The summed E-state index contributed by atoms with van der Waals surface area (Å²) in [6, 6.07) is -4.74. The lowest BCUT2D eigenvalue weighted by molar-refractivity contribution is -0.149. The Kier molecular flexibility index (Phi) is 10.9. The van der Waals surface area contributed by atoms with Crippen molar-refractivity contribution in [3.05, 3.63) is 0 Å². The number of nitrogens with one attached hydrogen (secondary N) is 2. The Morgan fingerprint density at radius 3 is 2.12 bits per heavy atom. The predicted molar refractivity (Wildman–Crippen MR) is 113 cm³/mol. The second kappa shape index (κ2) is 12.9. The van der Waals surface area contributed by atoms with Crippen molar-refractivity contribution in [1.29, 1.82) is 0 Å². The number of likely N-dealkylation sites (tertiary alicyclic amines) is 1. The lowest BCUT2D eigenvalue weighted by Gasteiger charge is -2.28. The lowest BCUT2D eigenvalue weighted by Crippen LogP contribution is -2.57. The Morgan fingerprint density at radius 2 is 1.59 bits per heavy atom. The molecular weight excluding hydrogens is 446 g/mol. The van der Waals surface area contributed by atoms with Crippen molar-refractivity contribution in [2.45, 2.75) is 62.7 Å². The third-order valence-electron chi connectivity index (χ3n) is 4.93. The number of amides is 4. The molecule has 0 spiro atoms. The number of rotatable bonds is 13.